The highest BCUT2D eigenvalue weighted by atomic mass is 16.4. The van der Waals surface area contributed by atoms with Crippen LogP contribution in [0.25, 0.3) is 0 Å². The van der Waals surface area contributed by atoms with E-state index in [2.05, 4.69) is 5.32 Å². The van der Waals surface area contributed by atoms with E-state index in [4.69, 9.17) is 5.11 Å². The number of aromatic carboxylic acids is 1. The van der Waals surface area contributed by atoms with Gasteiger partial charge in [0.1, 0.15) is 5.69 Å². The van der Waals surface area contributed by atoms with Gasteiger partial charge in [-0.15, -0.1) is 0 Å². The van der Waals surface area contributed by atoms with Gasteiger partial charge in [0.15, 0.2) is 0 Å². The van der Waals surface area contributed by atoms with Gasteiger partial charge in [0.05, 0.1) is 5.56 Å². The number of carboxylic acid groups (broad SMARTS) is 1. The van der Waals surface area contributed by atoms with Gasteiger partial charge < -0.3 is 15.0 Å². The molecule has 98 valence electrons. The maximum absolute atomic E-state index is 12.1. The second-order valence-corrected chi connectivity index (χ2v) is 4.29. The summed E-state index contributed by atoms with van der Waals surface area (Å²) < 4.78 is 1.70. The summed E-state index contributed by atoms with van der Waals surface area (Å²) in [7, 11) is 1.77. The summed E-state index contributed by atoms with van der Waals surface area (Å²) in [5, 5.41) is 11.7. The molecule has 19 heavy (non-hydrogen) atoms. The van der Waals surface area contributed by atoms with Crippen LogP contribution in [-0.4, -0.2) is 21.6 Å². The smallest absolute Gasteiger partial charge is 0.335 e. The van der Waals surface area contributed by atoms with Crippen LogP contribution in [0.3, 0.4) is 0 Å². The Labute approximate surface area is 110 Å². The molecule has 0 fully saturated rings. The predicted octanol–water partition coefficient (Wildman–Crippen LogP) is 2.28. The largest absolute Gasteiger partial charge is 0.478 e. The Bertz CT molecular complexity index is 644. The van der Waals surface area contributed by atoms with E-state index in [1.165, 1.54) is 12.1 Å². The minimum absolute atomic E-state index is 0.146. The summed E-state index contributed by atoms with van der Waals surface area (Å²) in [6.07, 6.45) is 1.77. The molecule has 0 saturated carbocycles. The predicted molar refractivity (Wildman–Crippen MR) is 71.5 cm³/mol. The molecular formula is C14H14N2O3. The third kappa shape index (κ3) is 2.65. The fourth-order valence-corrected chi connectivity index (χ4v) is 1.77. The number of carboxylic acids is 1. The molecule has 1 aromatic heterocycles. The van der Waals surface area contributed by atoms with Crippen LogP contribution >= 0.6 is 0 Å². The number of benzene rings is 1. The van der Waals surface area contributed by atoms with Crippen molar-refractivity contribution < 1.29 is 14.7 Å². The van der Waals surface area contributed by atoms with Crippen molar-refractivity contribution in [3.05, 3.63) is 53.3 Å². The number of hydrogen-bond donors (Lipinski definition) is 2. The van der Waals surface area contributed by atoms with Crippen molar-refractivity contribution in [1.82, 2.24) is 4.57 Å². The lowest BCUT2D eigenvalue weighted by molar-refractivity contribution is 0.0696. The Kier molecular flexibility index (Phi) is 3.37. The Balaban J connectivity index is 2.28. The van der Waals surface area contributed by atoms with Gasteiger partial charge in [-0.05, 0) is 36.8 Å². The summed E-state index contributed by atoms with van der Waals surface area (Å²) in [6, 6.07) is 8.11. The van der Waals surface area contributed by atoms with Crippen molar-refractivity contribution in [1.29, 1.82) is 0 Å². The minimum atomic E-state index is -1.02. The number of aromatic nitrogens is 1. The Morgan fingerprint density at radius 3 is 2.58 bits per heavy atom. The molecule has 0 spiro atoms. The van der Waals surface area contributed by atoms with Crippen molar-refractivity contribution in [2.45, 2.75) is 6.92 Å². The molecule has 0 aliphatic heterocycles. The standard InChI is InChI=1S/C14H14N2O3/c1-9-5-6-10(14(18)19)8-11(9)15-13(17)12-4-3-7-16(12)2/h3-8H,1-2H3,(H,15,17)(H,18,19). The Morgan fingerprint density at radius 2 is 2.00 bits per heavy atom. The normalized spacial score (nSPS) is 10.2. The first kappa shape index (κ1) is 12.9. The maximum atomic E-state index is 12.1. The molecule has 1 aromatic carbocycles. The van der Waals surface area contributed by atoms with Gasteiger partial charge in [0.2, 0.25) is 0 Å². The van der Waals surface area contributed by atoms with Crippen LogP contribution in [0.2, 0.25) is 0 Å². The lowest BCUT2D eigenvalue weighted by atomic mass is 10.1. The molecule has 2 rings (SSSR count). The number of carbonyl (C=O) groups excluding carboxylic acids is 1. The van der Waals surface area contributed by atoms with Crippen molar-refractivity contribution in [2.75, 3.05) is 5.32 Å². The second kappa shape index (κ2) is 4.97. The molecule has 0 aliphatic rings. The van der Waals surface area contributed by atoms with Crippen molar-refractivity contribution >= 4 is 17.6 Å². The van der Waals surface area contributed by atoms with Crippen LogP contribution in [0.15, 0.2) is 36.5 Å². The third-order valence-corrected chi connectivity index (χ3v) is 2.91. The van der Waals surface area contributed by atoms with Gasteiger partial charge in [-0.25, -0.2) is 4.79 Å². The van der Waals surface area contributed by atoms with Gasteiger partial charge in [-0.2, -0.15) is 0 Å². The fourth-order valence-electron chi connectivity index (χ4n) is 1.77. The first-order chi connectivity index (χ1) is 8.99. The summed E-state index contributed by atoms with van der Waals surface area (Å²) in [4.78, 5) is 23.0. The second-order valence-electron chi connectivity index (χ2n) is 4.29. The van der Waals surface area contributed by atoms with E-state index >= 15 is 0 Å². The van der Waals surface area contributed by atoms with Crippen molar-refractivity contribution in [3.63, 3.8) is 0 Å². The molecule has 0 aliphatic carbocycles. The van der Waals surface area contributed by atoms with Gasteiger partial charge in [-0.3, -0.25) is 4.79 Å². The number of amides is 1. The maximum Gasteiger partial charge on any atom is 0.335 e. The van der Waals surface area contributed by atoms with E-state index in [9.17, 15) is 9.59 Å². The average Bonchev–Trinajstić information content (AvgIpc) is 2.78. The van der Waals surface area contributed by atoms with E-state index in [1.54, 1.807) is 36.0 Å². The topological polar surface area (TPSA) is 71.3 Å². The zero-order valence-electron chi connectivity index (χ0n) is 10.7. The molecule has 2 aromatic rings. The van der Waals surface area contributed by atoms with Crippen LogP contribution < -0.4 is 5.32 Å². The number of nitrogens with zero attached hydrogens (tertiary/aromatic N) is 1. The van der Waals surface area contributed by atoms with E-state index in [-0.39, 0.29) is 11.5 Å². The molecule has 0 saturated heterocycles. The number of anilines is 1. The number of nitrogens with one attached hydrogen (secondary N) is 1. The van der Waals surface area contributed by atoms with E-state index in [1.807, 2.05) is 6.92 Å². The van der Waals surface area contributed by atoms with Gasteiger partial charge in [0, 0.05) is 18.9 Å². The Morgan fingerprint density at radius 1 is 1.26 bits per heavy atom. The third-order valence-electron chi connectivity index (χ3n) is 2.91. The monoisotopic (exact) mass is 258 g/mol. The number of rotatable bonds is 3. The minimum Gasteiger partial charge on any atom is -0.478 e. The Hall–Kier alpha value is -2.56. The van der Waals surface area contributed by atoms with Crippen LogP contribution in [0.1, 0.15) is 26.4 Å². The summed E-state index contributed by atoms with van der Waals surface area (Å²) in [5.74, 6) is -1.28. The fraction of sp³-hybridized carbons (Fsp3) is 0.143. The SMILES string of the molecule is Cc1ccc(C(=O)O)cc1NC(=O)c1cccn1C. The number of hydrogen-bond acceptors (Lipinski definition) is 2. The summed E-state index contributed by atoms with van der Waals surface area (Å²) >= 11 is 0. The number of carbonyl (C=O) groups is 2. The molecule has 2 N–H and O–H groups in total. The first-order valence-electron chi connectivity index (χ1n) is 5.75. The van der Waals surface area contributed by atoms with E-state index in [0.717, 1.165) is 5.56 Å². The van der Waals surface area contributed by atoms with E-state index in [0.29, 0.717) is 11.4 Å². The van der Waals surface area contributed by atoms with Crippen LogP contribution in [0.5, 0.6) is 0 Å². The van der Waals surface area contributed by atoms with Crippen molar-refractivity contribution in [2.24, 2.45) is 7.05 Å². The van der Waals surface area contributed by atoms with Gasteiger partial charge in [-0.1, -0.05) is 6.07 Å². The molecule has 5 nitrogen and oxygen atoms in total. The van der Waals surface area contributed by atoms with E-state index < -0.39 is 5.97 Å². The lowest BCUT2D eigenvalue weighted by Gasteiger charge is -2.09. The van der Waals surface area contributed by atoms with Gasteiger partial charge >= 0.3 is 5.97 Å². The zero-order valence-corrected chi connectivity index (χ0v) is 10.7. The molecule has 1 heterocycles. The quantitative estimate of drug-likeness (QED) is 0.887. The van der Waals surface area contributed by atoms with Crippen LogP contribution in [0.4, 0.5) is 5.69 Å². The van der Waals surface area contributed by atoms with Crippen molar-refractivity contribution in [3.8, 4) is 0 Å². The molecule has 0 unspecified atom stereocenters. The molecule has 5 heteroatoms. The molecule has 0 bridgehead atoms. The average molecular weight is 258 g/mol. The summed E-state index contributed by atoms with van der Waals surface area (Å²) in [6.45, 7) is 1.81. The van der Waals surface area contributed by atoms with Crippen LogP contribution in [-0.2, 0) is 7.05 Å². The molecule has 0 radical (unpaired) electrons. The summed E-state index contributed by atoms with van der Waals surface area (Å²) in [5.41, 5.74) is 1.98. The lowest BCUT2D eigenvalue weighted by Crippen LogP contribution is -2.16. The van der Waals surface area contributed by atoms with Gasteiger partial charge in [0.25, 0.3) is 5.91 Å². The highest BCUT2D eigenvalue weighted by Gasteiger charge is 2.12. The molecule has 0 atom stereocenters. The highest BCUT2D eigenvalue weighted by molar-refractivity contribution is 6.04. The highest BCUT2D eigenvalue weighted by Crippen LogP contribution is 2.18. The van der Waals surface area contributed by atoms with Crippen LogP contribution in [0, 0.1) is 6.92 Å². The molecular weight excluding hydrogens is 244 g/mol. The first-order valence-corrected chi connectivity index (χ1v) is 5.75. The zero-order chi connectivity index (χ0) is 14.0. The number of aryl methyl sites for hydroxylation is 2. The molecule has 1 amide bonds.